The van der Waals surface area contributed by atoms with Gasteiger partial charge in [0.25, 0.3) is 10.0 Å². The van der Waals surface area contributed by atoms with E-state index in [2.05, 4.69) is 5.32 Å². The number of ether oxygens (including phenoxy) is 1. The maximum Gasteiger partial charge on any atom is 0.264 e. The van der Waals surface area contributed by atoms with Crippen molar-refractivity contribution in [3.8, 4) is 5.75 Å². The zero-order valence-electron chi connectivity index (χ0n) is 24.3. The molecule has 42 heavy (non-hydrogen) atoms. The summed E-state index contributed by atoms with van der Waals surface area (Å²) in [4.78, 5) is 29.0. The highest BCUT2D eigenvalue weighted by Crippen LogP contribution is 2.27. The van der Waals surface area contributed by atoms with Crippen molar-refractivity contribution >= 4 is 39.1 Å². The fourth-order valence-electron chi connectivity index (χ4n) is 5.09. The summed E-state index contributed by atoms with van der Waals surface area (Å²) >= 11 is 6.09. The van der Waals surface area contributed by atoms with Crippen LogP contribution >= 0.6 is 11.6 Å². The fraction of sp³-hybridized carbons (Fsp3) is 0.375. The van der Waals surface area contributed by atoms with E-state index in [4.69, 9.17) is 16.3 Å². The van der Waals surface area contributed by atoms with Gasteiger partial charge in [-0.1, -0.05) is 60.7 Å². The van der Waals surface area contributed by atoms with Gasteiger partial charge in [-0.2, -0.15) is 0 Å². The monoisotopic (exact) mass is 611 g/mol. The number of amides is 2. The molecular formula is C32H38ClN3O5S. The first-order valence-corrected chi connectivity index (χ1v) is 16.0. The number of halogens is 1. The van der Waals surface area contributed by atoms with Crippen LogP contribution in [0.1, 0.15) is 50.2 Å². The van der Waals surface area contributed by atoms with Gasteiger partial charge < -0.3 is 15.0 Å². The molecule has 8 nitrogen and oxygen atoms in total. The van der Waals surface area contributed by atoms with Gasteiger partial charge in [0.1, 0.15) is 18.3 Å². The molecule has 1 aliphatic carbocycles. The van der Waals surface area contributed by atoms with Crippen LogP contribution in [-0.4, -0.2) is 50.9 Å². The minimum atomic E-state index is -4.14. The average molecular weight is 612 g/mol. The Morgan fingerprint density at radius 2 is 1.67 bits per heavy atom. The standard InChI is InChI=1S/C32H38ClN3O5S/c1-23-12-18-30(19-13-23)42(39,40)36(28-16-14-26(33)15-17-28)22-31(37)35(21-25-8-7-11-29(20-25)41-3)24(2)32(38)34-27-9-5-4-6-10-27/h7-8,11-20,24,27H,4-6,9-10,21-22H2,1-3H3,(H,34,38)/t24-/m1/s1. The number of sulfonamides is 1. The molecule has 0 saturated heterocycles. The number of carbonyl (C=O) groups is 2. The van der Waals surface area contributed by atoms with Crippen molar-refractivity contribution in [2.75, 3.05) is 18.0 Å². The van der Waals surface area contributed by atoms with Crippen LogP contribution in [0.3, 0.4) is 0 Å². The number of aryl methyl sites for hydroxylation is 1. The Morgan fingerprint density at radius 3 is 2.31 bits per heavy atom. The molecule has 0 heterocycles. The number of nitrogens with one attached hydrogen (secondary N) is 1. The predicted octanol–water partition coefficient (Wildman–Crippen LogP) is 5.72. The number of hydrogen-bond donors (Lipinski definition) is 1. The van der Waals surface area contributed by atoms with Gasteiger partial charge in [0, 0.05) is 17.6 Å². The first kappa shape index (κ1) is 31.4. The Hall–Kier alpha value is -3.56. The third-order valence-corrected chi connectivity index (χ3v) is 9.65. The second-order valence-electron chi connectivity index (χ2n) is 10.7. The molecular weight excluding hydrogens is 574 g/mol. The Morgan fingerprint density at radius 1 is 1.00 bits per heavy atom. The largest absolute Gasteiger partial charge is 0.497 e. The molecule has 0 spiro atoms. The van der Waals surface area contributed by atoms with Gasteiger partial charge in [-0.25, -0.2) is 8.42 Å². The Balaban J connectivity index is 1.68. The molecule has 1 fully saturated rings. The van der Waals surface area contributed by atoms with Gasteiger partial charge >= 0.3 is 0 Å². The summed E-state index contributed by atoms with van der Waals surface area (Å²) in [5.74, 6) is -0.170. The molecule has 3 aromatic carbocycles. The van der Waals surface area contributed by atoms with Crippen LogP contribution < -0.4 is 14.4 Å². The fourth-order valence-corrected chi connectivity index (χ4v) is 6.63. The van der Waals surface area contributed by atoms with Gasteiger partial charge in [-0.15, -0.1) is 0 Å². The Bertz CT molecular complexity index is 1470. The van der Waals surface area contributed by atoms with Crippen LogP contribution in [0.2, 0.25) is 5.02 Å². The van der Waals surface area contributed by atoms with Gasteiger partial charge in [0.15, 0.2) is 0 Å². The van der Waals surface area contributed by atoms with Gasteiger partial charge in [-0.05, 0) is 80.8 Å². The maximum atomic E-state index is 14.1. The summed E-state index contributed by atoms with van der Waals surface area (Å²) in [5.41, 5.74) is 1.94. The van der Waals surface area contributed by atoms with E-state index < -0.39 is 28.5 Å². The molecule has 0 radical (unpaired) electrons. The normalized spacial score (nSPS) is 14.6. The molecule has 0 unspecified atom stereocenters. The van der Waals surface area contributed by atoms with E-state index in [9.17, 15) is 18.0 Å². The summed E-state index contributed by atoms with van der Waals surface area (Å²) in [7, 11) is -2.58. The van der Waals surface area contributed by atoms with Crippen LogP contribution in [0.25, 0.3) is 0 Å². The second kappa shape index (κ2) is 14.1. The first-order chi connectivity index (χ1) is 20.1. The molecule has 1 saturated carbocycles. The maximum absolute atomic E-state index is 14.1. The van der Waals surface area contributed by atoms with Crippen molar-refractivity contribution in [2.24, 2.45) is 0 Å². The summed E-state index contributed by atoms with van der Waals surface area (Å²) < 4.78 is 34.3. The van der Waals surface area contributed by atoms with Crippen LogP contribution in [-0.2, 0) is 26.2 Å². The van der Waals surface area contributed by atoms with Crippen LogP contribution in [0.15, 0.2) is 77.7 Å². The van der Waals surface area contributed by atoms with Crippen molar-refractivity contribution in [3.63, 3.8) is 0 Å². The molecule has 10 heteroatoms. The van der Waals surface area contributed by atoms with E-state index in [0.717, 1.165) is 47.5 Å². The van der Waals surface area contributed by atoms with E-state index in [-0.39, 0.29) is 29.1 Å². The van der Waals surface area contributed by atoms with E-state index >= 15 is 0 Å². The summed E-state index contributed by atoms with van der Waals surface area (Å²) in [6.07, 6.45) is 5.07. The minimum Gasteiger partial charge on any atom is -0.497 e. The lowest BCUT2D eigenvalue weighted by molar-refractivity contribution is -0.139. The molecule has 2 amide bonds. The molecule has 4 rings (SSSR count). The second-order valence-corrected chi connectivity index (χ2v) is 13.0. The smallest absolute Gasteiger partial charge is 0.264 e. The van der Waals surface area contributed by atoms with E-state index in [1.165, 1.54) is 17.0 Å². The summed E-state index contributed by atoms with van der Waals surface area (Å²) in [6, 6.07) is 19.2. The van der Waals surface area contributed by atoms with Crippen molar-refractivity contribution in [3.05, 3.63) is 88.9 Å². The van der Waals surface area contributed by atoms with Crippen molar-refractivity contribution in [1.29, 1.82) is 0 Å². The molecule has 0 bridgehead atoms. The number of rotatable bonds is 11. The average Bonchev–Trinajstić information content (AvgIpc) is 2.99. The lowest BCUT2D eigenvalue weighted by Gasteiger charge is -2.33. The highest BCUT2D eigenvalue weighted by atomic mass is 35.5. The molecule has 1 aliphatic rings. The topological polar surface area (TPSA) is 96.0 Å². The third kappa shape index (κ3) is 7.83. The third-order valence-electron chi connectivity index (χ3n) is 7.61. The number of hydrogen-bond acceptors (Lipinski definition) is 5. The predicted molar refractivity (Wildman–Crippen MR) is 165 cm³/mol. The molecule has 224 valence electrons. The van der Waals surface area contributed by atoms with Crippen molar-refractivity contribution < 1.29 is 22.7 Å². The van der Waals surface area contributed by atoms with E-state index in [1.54, 1.807) is 62.6 Å². The van der Waals surface area contributed by atoms with Crippen molar-refractivity contribution in [1.82, 2.24) is 10.2 Å². The summed E-state index contributed by atoms with van der Waals surface area (Å²) in [5, 5.41) is 3.55. The molecule has 0 aliphatic heterocycles. The Kier molecular flexibility index (Phi) is 10.5. The SMILES string of the molecule is COc1cccc(CN(C(=O)CN(c2ccc(Cl)cc2)S(=O)(=O)c2ccc(C)cc2)[C@H](C)C(=O)NC2CCCCC2)c1. The van der Waals surface area contributed by atoms with E-state index in [0.29, 0.717) is 10.8 Å². The number of benzene rings is 3. The number of nitrogens with zero attached hydrogens (tertiary/aromatic N) is 2. The summed E-state index contributed by atoms with van der Waals surface area (Å²) in [6.45, 7) is 3.13. The Labute approximate surface area is 253 Å². The molecule has 0 aromatic heterocycles. The van der Waals surface area contributed by atoms with Gasteiger partial charge in [0.2, 0.25) is 11.8 Å². The highest BCUT2D eigenvalue weighted by molar-refractivity contribution is 7.92. The molecule has 1 atom stereocenters. The number of carbonyl (C=O) groups excluding carboxylic acids is 2. The zero-order valence-corrected chi connectivity index (χ0v) is 25.8. The highest BCUT2D eigenvalue weighted by Gasteiger charge is 2.33. The lowest BCUT2D eigenvalue weighted by atomic mass is 9.95. The molecule has 1 N–H and O–H groups in total. The number of anilines is 1. The van der Waals surface area contributed by atoms with Crippen LogP contribution in [0.5, 0.6) is 5.75 Å². The first-order valence-electron chi connectivity index (χ1n) is 14.2. The number of methoxy groups -OCH3 is 1. The minimum absolute atomic E-state index is 0.0540. The van der Waals surface area contributed by atoms with E-state index in [1.807, 2.05) is 19.1 Å². The van der Waals surface area contributed by atoms with Crippen molar-refractivity contribution in [2.45, 2.75) is 69.5 Å². The lowest BCUT2D eigenvalue weighted by Crippen LogP contribution is -2.53. The molecule has 3 aromatic rings. The zero-order chi connectivity index (χ0) is 30.3. The quantitative estimate of drug-likeness (QED) is 0.299. The van der Waals surface area contributed by atoms with Crippen LogP contribution in [0.4, 0.5) is 5.69 Å². The van der Waals surface area contributed by atoms with Gasteiger partial charge in [-0.3, -0.25) is 13.9 Å². The van der Waals surface area contributed by atoms with Crippen LogP contribution in [0, 0.1) is 6.92 Å². The van der Waals surface area contributed by atoms with Gasteiger partial charge in [0.05, 0.1) is 17.7 Å².